The lowest BCUT2D eigenvalue weighted by atomic mass is 10.1. The molecule has 3 N–H and O–H groups in total. The summed E-state index contributed by atoms with van der Waals surface area (Å²) in [5.41, 5.74) is -1.07. The Kier molecular flexibility index (Phi) is 4.65. The van der Waals surface area contributed by atoms with E-state index in [4.69, 9.17) is 10.2 Å². The normalized spacial score (nSPS) is 12.6. The molecule has 0 saturated carbocycles. The maximum Gasteiger partial charge on any atom is 0.265 e. The Morgan fingerprint density at radius 2 is 1.84 bits per heavy atom. The van der Waals surface area contributed by atoms with Gasteiger partial charge in [-0.25, -0.2) is 17.6 Å². The Morgan fingerprint density at radius 3 is 2.37 bits per heavy atom. The van der Waals surface area contributed by atoms with Crippen LogP contribution in [0.4, 0.5) is 22.0 Å². The number of alkyl halides is 2. The van der Waals surface area contributed by atoms with E-state index in [0.717, 1.165) is 0 Å². The number of aromatic hydroxyl groups is 1. The molecule has 0 heterocycles. The highest BCUT2D eigenvalue weighted by atomic mass is 19.3. The summed E-state index contributed by atoms with van der Waals surface area (Å²) in [6, 6.07) is 0.161. The molecule has 0 aliphatic rings. The van der Waals surface area contributed by atoms with Gasteiger partial charge in [0.2, 0.25) is 5.82 Å². The molecule has 1 aromatic carbocycles. The van der Waals surface area contributed by atoms with Crippen LogP contribution in [0.25, 0.3) is 0 Å². The van der Waals surface area contributed by atoms with Gasteiger partial charge in [-0.15, -0.1) is 0 Å². The van der Waals surface area contributed by atoms with Gasteiger partial charge < -0.3 is 15.5 Å². The molecule has 1 unspecified atom stereocenters. The molecule has 106 valence electrons. The third kappa shape index (κ3) is 3.31. The van der Waals surface area contributed by atoms with Crippen LogP contribution in [0.1, 0.15) is 10.4 Å². The van der Waals surface area contributed by atoms with Gasteiger partial charge in [0, 0.05) is 6.54 Å². The van der Waals surface area contributed by atoms with Crippen LogP contribution in [0.5, 0.6) is 5.75 Å². The Labute approximate surface area is 103 Å². The summed E-state index contributed by atoms with van der Waals surface area (Å²) >= 11 is 0. The molecule has 4 nitrogen and oxygen atoms in total. The number of aliphatic hydroxyl groups is 1. The molecule has 9 heteroatoms. The summed E-state index contributed by atoms with van der Waals surface area (Å²) in [5.74, 6) is -8.37. The van der Waals surface area contributed by atoms with Gasteiger partial charge in [-0.3, -0.25) is 4.79 Å². The predicted octanol–water partition coefficient (Wildman–Crippen LogP) is 1.17. The number of nitrogens with one attached hydrogen (secondary N) is 1. The number of benzene rings is 1. The molecule has 1 rings (SSSR count). The van der Waals surface area contributed by atoms with Crippen molar-refractivity contribution in [2.24, 2.45) is 0 Å². The van der Waals surface area contributed by atoms with Crippen molar-refractivity contribution in [2.75, 3.05) is 6.54 Å². The number of amides is 1. The van der Waals surface area contributed by atoms with E-state index in [1.54, 1.807) is 5.32 Å². The minimum absolute atomic E-state index is 0.161. The second kappa shape index (κ2) is 5.83. The minimum atomic E-state index is -3.14. The lowest BCUT2D eigenvalue weighted by Gasteiger charge is -2.11. The Morgan fingerprint density at radius 1 is 1.26 bits per heavy atom. The zero-order valence-corrected chi connectivity index (χ0v) is 9.13. The highest BCUT2D eigenvalue weighted by molar-refractivity contribution is 5.95. The molecule has 0 saturated heterocycles. The molecular weight excluding hydrogens is 277 g/mol. The average Bonchev–Trinajstić information content (AvgIpc) is 2.37. The molecular formula is C10H8F5NO3. The molecule has 1 atom stereocenters. The van der Waals surface area contributed by atoms with Crippen LogP contribution in [0.2, 0.25) is 0 Å². The summed E-state index contributed by atoms with van der Waals surface area (Å²) in [7, 11) is 0. The second-order valence-corrected chi connectivity index (χ2v) is 3.49. The second-order valence-electron chi connectivity index (χ2n) is 3.49. The molecule has 1 aromatic rings. The Bertz CT molecular complexity index is 495. The Hall–Kier alpha value is -1.90. The zero-order chi connectivity index (χ0) is 14.7. The number of phenolic OH excluding ortho intramolecular Hbond substituents is 1. The van der Waals surface area contributed by atoms with Crippen molar-refractivity contribution in [1.82, 2.24) is 5.32 Å². The number of carbonyl (C=O) groups excluding carboxylic acids is 1. The maximum absolute atomic E-state index is 13.2. The molecule has 0 aliphatic heterocycles. The molecule has 0 aromatic heterocycles. The smallest absolute Gasteiger partial charge is 0.265 e. The van der Waals surface area contributed by atoms with Gasteiger partial charge in [-0.1, -0.05) is 0 Å². The molecule has 0 aliphatic carbocycles. The van der Waals surface area contributed by atoms with Gasteiger partial charge in [-0.05, 0) is 6.07 Å². The molecule has 0 radical (unpaired) electrons. The van der Waals surface area contributed by atoms with Crippen molar-refractivity contribution in [3.63, 3.8) is 0 Å². The number of carbonyl (C=O) groups is 1. The van der Waals surface area contributed by atoms with Crippen molar-refractivity contribution in [3.05, 3.63) is 29.1 Å². The molecule has 0 bridgehead atoms. The van der Waals surface area contributed by atoms with Crippen LogP contribution < -0.4 is 5.32 Å². The van der Waals surface area contributed by atoms with Crippen molar-refractivity contribution >= 4 is 5.91 Å². The van der Waals surface area contributed by atoms with E-state index in [1.807, 2.05) is 0 Å². The zero-order valence-electron chi connectivity index (χ0n) is 9.13. The number of rotatable bonds is 4. The van der Waals surface area contributed by atoms with Crippen molar-refractivity contribution in [2.45, 2.75) is 12.5 Å². The monoisotopic (exact) mass is 285 g/mol. The molecule has 0 fully saturated rings. The van der Waals surface area contributed by atoms with E-state index >= 15 is 0 Å². The van der Waals surface area contributed by atoms with Gasteiger partial charge in [0.15, 0.2) is 17.4 Å². The number of halogens is 5. The van der Waals surface area contributed by atoms with Gasteiger partial charge >= 0.3 is 0 Å². The third-order valence-corrected chi connectivity index (χ3v) is 2.14. The van der Waals surface area contributed by atoms with Gasteiger partial charge in [-0.2, -0.15) is 4.39 Å². The SMILES string of the molecule is O=C(NCC(O)C(F)F)c1cc(F)c(F)c(O)c1F. The standard InChI is InChI=1S/C10H8F5NO3/c11-4-1-3(6(12)8(18)7(4)13)10(19)16-2-5(17)9(14)15/h1,5,9,17-18H,2H2,(H,16,19). The largest absolute Gasteiger partial charge is 0.503 e. The van der Waals surface area contributed by atoms with E-state index in [2.05, 4.69) is 0 Å². The third-order valence-electron chi connectivity index (χ3n) is 2.14. The highest BCUT2D eigenvalue weighted by Crippen LogP contribution is 2.25. The highest BCUT2D eigenvalue weighted by Gasteiger charge is 2.24. The molecule has 19 heavy (non-hydrogen) atoms. The quantitative estimate of drug-likeness (QED) is 0.574. The van der Waals surface area contributed by atoms with E-state index < -0.39 is 53.7 Å². The average molecular weight is 285 g/mol. The number of aliphatic hydroxyl groups excluding tert-OH is 1. The summed E-state index contributed by atoms with van der Waals surface area (Å²) < 4.78 is 62.7. The number of phenols is 1. The van der Waals surface area contributed by atoms with Gasteiger partial charge in [0.25, 0.3) is 12.3 Å². The summed E-state index contributed by atoms with van der Waals surface area (Å²) in [6.07, 6.45) is -5.32. The lowest BCUT2D eigenvalue weighted by molar-refractivity contribution is -0.00272. The number of hydrogen-bond acceptors (Lipinski definition) is 3. The van der Waals surface area contributed by atoms with Crippen molar-refractivity contribution in [3.8, 4) is 5.75 Å². The van der Waals surface area contributed by atoms with Crippen LogP contribution in [-0.2, 0) is 0 Å². The predicted molar refractivity (Wildman–Crippen MR) is 52.3 cm³/mol. The fourth-order valence-electron chi connectivity index (χ4n) is 1.14. The van der Waals surface area contributed by atoms with Crippen molar-refractivity contribution < 1.29 is 37.0 Å². The topological polar surface area (TPSA) is 69.6 Å². The van der Waals surface area contributed by atoms with Gasteiger partial charge in [0.1, 0.15) is 6.10 Å². The van der Waals surface area contributed by atoms with E-state index in [9.17, 15) is 26.7 Å². The van der Waals surface area contributed by atoms with Crippen LogP contribution in [0.3, 0.4) is 0 Å². The minimum Gasteiger partial charge on any atom is -0.503 e. The van der Waals surface area contributed by atoms with Gasteiger partial charge in [0.05, 0.1) is 5.56 Å². The first-order valence-corrected chi connectivity index (χ1v) is 4.86. The van der Waals surface area contributed by atoms with E-state index in [-0.39, 0.29) is 6.07 Å². The Balaban J connectivity index is 2.89. The van der Waals surface area contributed by atoms with E-state index in [0.29, 0.717) is 0 Å². The first-order valence-electron chi connectivity index (χ1n) is 4.86. The van der Waals surface area contributed by atoms with Crippen molar-refractivity contribution in [1.29, 1.82) is 0 Å². The fraction of sp³-hybridized carbons (Fsp3) is 0.300. The molecule has 1 amide bonds. The van der Waals surface area contributed by atoms with Crippen LogP contribution in [0, 0.1) is 17.5 Å². The van der Waals surface area contributed by atoms with Crippen LogP contribution in [0.15, 0.2) is 6.07 Å². The van der Waals surface area contributed by atoms with E-state index in [1.165, 1.54) is 0 Å². The maximum atomic E-state index is 13.2. The number of hydrogen-bond donors (Lipinski definition) is 3. The summed E-state index contributed by atoms with van der Waals surface area (Å²) in [5, 5.41) is 19.2. The first kappa shape index (κ1) is 15.2. The summed E-state index contributed by atoms with van der Waals surface area (Å²) in [6.45, 7) is -0.921. The first-order chi connectivity index (χ1) is 8.75. The lowest BCUT2D eigenvalue weighted by Crippen LogP contribution is -2.36. The van der Waals surface area contributed by atoms with Crippen LogP contribution >= 0.6 is 0 Å². The fourth-order valence-corrected chi connectivity index (χ4v) is 1.14. The van der Waals surface area contributed by atoms with Crippen LogP contribution in [-0.4, -0.2) is 35.2 Å². The summed E-state index contributed by atoms with van der Waals surface area (Å²) in [4.78, 5) is 11.3. The molecule has 0 spiro atoms.